The van der Waals surface area contributed by atoms with Crippen LogP contribution in [0.25, 0.3) is 0 Å². The molecule has 1 N–H and O–H groups in total. The second kappa shape index (κ2) is 9.01. The van der Waals surface area contributed by atoms with E-state index in [1.165, 1.54) is 30.3 Å². The highest BCUT2D eigenvalue weighted by molar-refractivity contribution is 6.31. The number of benzene rings is 2. The number of hydrogen-bond donors (Lipinski definition) is 1. The van der Waals surface area contributed by atoms with Crippen molar-refractivity contribution in [1.82, 2.24) is 4.90 Å². The monoisotopic (exact) mass is 408 g/mol. The van der Waals surface area contributed by atoms with Crippen molar-refractivity contribution in [2.75, 3.05) is 18.4 Å². The second-order valence-corrected chi connectivity index (χ2v) is 6.81. The average molecular weight is 409 g/mol. The molecule has 0 aromatic heterocycles. The first-order valence-electron chi connectivity index (χ1n) is 8.89. The van der Waals surface area contributed by atoms with E-state index >= 15 is 0 Å². The van der Waals surface area contributed by atoms with Crippen LogP contribution in [-0.2, 0) is 0 Å². The molecule has 0 bridgehead atoms. The van der Waals surface area contributed by atoms with Crippen molar-refractivity contribution in [3.63, 3.8) is 0 Å². The molecular weight excluding hydrogens is 390 g/mol. The Balaban J connectivity index is 1.87. The van der Waals surface area contributed by atoms with Crippen molar-refractivity contribution in [3.8, 4) is 5.75 Å². The summed E-state index contributed by atoms with van der Waals surface area (Å²) in [4.78, 5) is 27.3. The first-order chi connectivity index (χ1) is 13.5. The van der Waals surface area contributed by atoms with E-state index in [1.54, 1.807) is 17.0 Å². The summed E-state index contributed by atoms with van der Waals surface area (Å²) < 4.78 is 29.6. The molecule has 148 valence electrons. The Morgan fingerprint density at radius 2 is 1.75 bits per heavy atom. The molecule has 1 aliphatic rings. The van der Waals surface area contributed by atoms with Crippen molar-refractivity contribution in [2.24, 2.45) is 0 Å². The number of nitrogens with one attached hydrogen (secondary N) is 1. The Morgan fingerprint density at radius 1 is 1.04 bits per heavy atom. The number of carbonyl (C=O) groups is 2. The van der Waals surface area contributed by atoms with Gasteiger partial charge in [-0.15, -0.1) is 0 Å². The fourth-order valence-corrected chi connectivity index (χ4v) is 3.29. The van der Waals surface area contributed by atoms with Crippen LogP contribution in [-0.4, -0.2) is 36.4 Å². The molecule has 0 unspecified atom stereocenters. The van der Waals surface area contributed by atoms with E-state index in [-0.39, 0.29) is 22.9 Å². The molecule has 1 heterocycles. The minimum atomic E-state index is -3.06. The number of rotatable bonds is 5. The number of likely N-dealkylation sites (tertiary alicyclic amines) is 1. The molecular formula is C20H19ClF2N2O3. The van der Waals surface area contributed by atoms with E-state index in [0.717, 1.165) is 19.3 Å². The van der Waals surface area contributed by atoms with Gasteiger partial charge < -0.3 is 15.0 Å². The van der Waals surface area contributed by atoms with Gasteiger partial charge in [-0.2, -0.15) is 8.78 Å². The van der Waals surface area contributed by atoms with Gasteiger partial charge in [0.25, 0.3) is 11.8 Å². The van der Waals surface area contributed by atoms with Crippen molar-refractivity contribution >= 4 is 29.1 Å². The molecule has 2 aromatic carbocycles. The average Bonchev–Trinajstić information content (AvgIpc) is 2.68. The van der Waals surface area contributed by atoms with Gasteiger partial charge in [0.15, 0.2) is 0 Å². The number of hydrogen-bond acceptors (Lipinski definition) is 3. The van der Waals surface area contributed by atoms with E-state index in [4.69, 9.17) is 11.6 Å². The van der Waals surface area contributed by atoms with Crippen LogP contribution in [0.1, 0.15) is 40.0 Å². The van der Waals surface area contributed by atoms with Gasteiger partial charge in [-0.25, -0.2) is 0 Å². The molecule has 28 heavy (non-hydrogen) atoms. The summed E-state index contributed by atoms with van der Waals surface area (Å²) in [5, 5.41) is 2.94. The van der Waals surface area contributed by atoms with Crippen LogP contribution in [0.3, 0.4) is 0 Å². The predicted molar refractivity (Wildman–Crippen MR) is 102 cm³/mol. The fraction of sp³-hybridized carbons (Fsp3) is 0.300. The summed E-state index contributed by atoms with van der Waals surface area (Å²) in [6.45, 7) is -1.75. The summed E-state index contributed by atoms with van der Waals surface area (Å²) in [5.41, 5.74) is 0.450. The second-order valence-electron chi connectivity index (χ2n) is 6.37. The van der Waals surface area contributed by atoms with E-state index in [9.17, 15) is 18.4 Å². The number of carbonyl (C=O) groups excluding carboxylic acids is 2. The van der Waals surface area contributed by atoms with Gasteiger partial charge in [0.05, 0.1) is 16.8 Å². The lowest BCUT2D eigenvalue weighted by Crippen LogP contribution is -2.36. The first-order valence-corrected chi connectivity index (χ1v) is 9.27. The smallest absolute Gasteiger partial charge is 0.387 e. The number of halogens is 3. The highest BCUT2D eigenvalue weighted by Crippen LogP contribution is 2.26. The van der Waals surface area contributed by atoms with Crippen LogP contribution >= 0.6 is 11.6 Å². The van der Waals surface area contributed by atoms with Crippen molar-refractivity contribution in [2.45, 2.75) is 25.9 Å². The first kappa shape index (κ1) is 20.1. The van der Waals surface area contributed by atoms with Gasteiger partial charge in [-0.3, -0.25) is 9.59 Å². The fourth-order valence-electron chi connectivity index (χ4n) is 3.12. The normalized spacial score (nSPS) is 14.1. The maximum absolute atomic E-state index is 12.9. The maximum atomic E-state index is 12.9. The number of alkyl halides is 2. The molecule has 0 aliphatic carbocycles. The zero-order valence-electron chi connectivity index (χ0n) is 15.0. The molecule has 5 nitrogen and oxygen atoms in total. The number of anilines is 1. The maximum Gasteiger partial charge on any atom is 0.387 e. The Kier molecular flexibility index (Phi) is 6.46. The van der Waals surface area contributed by atoms with Crippen molar-refractivity contribution in [3.05, 3.63) is 58.6 Å². The Bertz CT molecular complexity index is 870. The van der Waals surface area contributed by atoms with E-state index in [1.807, 2.05) is 0 Å². The minimum Gasteiger partial charge on any atom is -0.434 e. The Hall–Kier alpha value is -2.67. The Labute approximate surface area is 166 Å². The summed E-state index contributed by atoms with van der Waals surface area (Å²) in [7, 11) is 0. The van der Waals surface area contributed by atoms with Crippen LogP contribution in [0.4, 0.5) is 14.5 Å². The number of nitrogens with zero attached hydrogens (tertiary/aromatic N) is 1. The summed E-state index contributed by atoms with van der Waals surface area (Å²) in [6, 6.07) is 10.2. The third kappa shape index (κ3) is 4.78. The van der Waals surface area contributed by atoms with Crippen LogP contribution in [0, 0.1) is 0 Å². The molecule has 1 aliphatic heterocycles. The van der Waals surface area contributed by atoms with Crippen LogP contribution in [0.5, 0.6) is 5.75 Å². The van der Waals surface area contributed by atoms with Gasteiger partial charge in [0.2, 0.25) is 0 Å². The zero-order valence-corrected chi connectivity index (χ0v) is 15.7. The summed E-state index contributed by atoms with van der Waals surface area (Å²) >= 11 is 6.04. The predicted octanol–water partition coefficient (Wildman–Crippen LogP) is 4.82. The van der Waals surface area contributed by atoms with Crippen molar-refractivity contribution < 1.29 is 23.1 Å². The zero-order chi connectivity index (χ0) is 20.1. The highest BCUT2D eigenvalue weighted by Gasteiger charge is 2.23. The highest BCUT2D eigenvalue weighted by atomic mass is 35.5. The molecule has 3 rings (SSSR count). The number of piperidine rings is 1. The summed E-state index contributed by atoms with van der Waals surface area (Å²) in [6.07, 6.45) is 2.94. The van der Waals surface area contributed by atoms with Gasteiger partial charge in [-0.1, -0.05) is 23.7 Å². The molecule has 0 spiro atoms. The molecule has 2 aromatic rings. The Morgan fingerprint density at radius 3 is 2.46 bits per heavy atom. The van der Waals surface area contributed by atoms with Gasteiger partial charge in [-0.05, 0) is 49.6 Å². The molecule has 1 saturated heterocycles. The standard InChI is InChI=1S/C20H19ClF2N2O3/c21-13-8-9-14(19(27)25-10-4-1-5-11-25)16(12-13)24-18(26)15-6-2-3-7-17(15)28-20(22)23/h2-3,6-9,12,20H,1,4-5,10-11H2,(H,24,26). The van der Waals surface area contributed by atoms with Gasteiger partial charge >= 0.3 is 6.61 Å². The largest absolute Gasteiger partial charge is 0.434 e. The van der Waals surface area contributed by atoms with Gasteiger partial charge in [0.1, 0.15) is 5.75 Å². The SMILES string of the molecule is O=C(Nc1cc(Cl)ccc1C(=O)N1CCCCC1)c1ccccc1OC(F)F. The van der Waals surface area contributed by atoms with Crippen LogP contribution in [0.2, 0.25) is 5.02 Å². The lowest BCUT2D eigenvalue weighted by molar-refractivity contribution is -0.0501. The molecule has 8 heteroatoms. The van der Waals surface area contributed by atoms with E-state index in [2.05, 4.69) is 10.1 Å². The number of para-hydroxylation sites is 1. The topological polar surface area (TPSA) is 58.6 Å². The van der Waals surface area contributed by atoms with E-state index < -0.39 is 12.5 Å². The quantitative estimate of drug-likeness (QED) is 0.771. The summed E-state index contributed by atoms with van der Waals surface area (Å²) in [5.74, 6) is -1.13. The number of amides is 2. The molecule has 1 fully saturated rings. The lowest BCUT2D eigenvalue weighted by atomic mass is 10.1. The molecule has 2 amide bonds. The van der Waals surface area contributed by atoms with Crippen molar-refractivity contribution in [1.29, 1.82) is 0 Å². The number of ether oxygens (including phenoxy) is 1. The minimum absolute atomic E-state index is 0.0702. The molecule has 0 atom stereocenters. The molecule has 0 saturated carbocycles. The van der Waals surface area contributed by atoms with E-state index in [0.29, 0.717) is 23.7 Å². The van der Waals surface area contributed by atoms with Crippen LogP contribution in [0.15, 0.2) is 42.5 Å². The third-order valence-electron chi connectivity index (χ3n) is 4.45. The molecule has 0 radical (unpaired) electrons. The van der Waals surface area contributed by atoms with Crippen LogP contribution < -0.4 is 10.1 Å². The van der Waals surface area contributed by atoms with Gasteiger partial charge in [0, 0.05) is 18.1 Å². The lowest BCUT2D eigenvalue weighted by Gasteiger charge is -2.27. The third-order valence-corrected chi connectivity index (χ3v) is 4.69.